The number of anilines is 2. The van der Waals surface area contributed by atoms with E-state index in [9.17, 15) is 17.6 Å². The Bertz CT molecular complexity index is 1110. The minimum absolute atomic E-state index is 0.0407. The number of hydrogen-bond donors (Lipinski definition) is 2. The van der Waals surface area contributed by atoms with Crippen LogP contribution in [0.15, 0.2) is 71.6 Å². The summed E-state index contributed by atoms with van der Waals surface area (Å²) in [4.78, 5) is 12.3. The molecule has 0 aliphatic rings. The Hall–Kier alpha value is -3.19. The van der Waals surface area contributed by atoms with Crippen molar-refractivity contribution < 1.29 is 17.6 Å². The van der Waals surface area contributed by atoms with Gasteiger partial charge in [-0.1, -0.05) is 6.07 Å². The average Bonchev–Trinajstić information content (AvgIpc) is 2.65. The Morgan fingerprint density at radius 2 is 1.43 bits per heavy atom. The molecular formula is C21H19FN2O3S. The molecule has 28 heavy (non-hydrogen) atoms. The van der Waals surface area contributed by atoms with Gasteiger partial charge in [0.25, 0.3) is 15.9 Å². The molecule has 0 radical (unpaired) electrons. The predicted molar refractivity (Wildman–Crippen MR) is 108 cm³/mol. The third-order valence-corrected chi connectivity index (χ3v) is 5.69. The van der Waals surface area contributed by atoms with Gasteiger partial charge in [-0.05, 0) is 85.6 Å². The number of carbonyl (C=O) groups excluding carboxylic acids is 1. The summed E-state index contributed by atoms with van der Waals surface area (Å²) in [7, 11) is -3.82. The van der Waals surface area contributed by atoms with E-state index in [-0.39, 0.29) is 10.8 Å². The van der Waals surface area contributed by atoms with E-state index in [0.717, 1.165) is 23.3 Å². The molecule has 2 N–H and O–H groups in total. The fourth-order valence-electron chi connectivity index (χ4n) is 2.54. The average molecular weight is 398 g/mol. The van der Waals surface area contributed by atoms with Gasteiger partial charge in [0.15, 0.2) is 0 Å². The van der Waals surface area contributed by atoms with Crippen LogP contribution in [0.25, 0.3) is 0 Å². The minimum Gasteiger partial charge on any atom is -0.322 e. The van der Waals surface area contributed by atoms with Crippen LogP contribution in [0, 0.1) is 19.7 Å². The van der Waals surface area contributed by atoms with Crippen LogP contribution in [-0.2, 0) is 10.0 Å². The number of rotatable bonds is 5. The summed E-state index contributed by atoms with van der Waals surface area (Å²) in [6.45, 7) is 3.91. The van der Waals surface area contributed by atoms with Gasteiger partial charge in [-0.15, -0.1) is 0 Å². The highest BCUT2D eigenvalue weighted by molar-refractivity contribution is 7.92. The molecule has 0 atom stereocenters. The number of amides is 1. The third kappa shape index (κ3) is 4.55. The molecule has 0 heterocycles. The molecule has 0 aliphatic carbocycles. The first-order valence-corrected chi connectivity index (χ1v) is 10.00. The first-order valence-electron chi connectivity index (χ1n) is 8.52. The molecule has 144 valence electrons. The standard InChI is InChI=1S/C21H19FN2O3S/c1-14-3-4-16(13-15(14)2)21(25)23-18-7-9-19(10-8-18)24-28(26,27)20-11-5-17(22)6-12-20/h3-13,24H,1-2H3,(H,23,25). The number of nitrogens with one attached hydrogen (secondary N) is 2. The zero-order valence-corrected chi connectivity index (χ0v) is 16.2. The Balaban J connectivity index is 1.70. The zero-order valence-electron chi connectivity index (χ0n) is 15.4. The SMILES string of the molecule is Cc1ccc(C(=O)Nc2ccc(NS(=O)(=O)c3ccc(F)cc3)cc2)cc1C. The second-order valence-corrected chi connectivity index (χ2v) is 8.07. The van der Waals surface area contributed by atoms with E-state index in [2.05, 4.69) is 10.0 Å². The monoisotopic (exact) mass is 398 g/mol. The van der Waals surface area contributed by atoms with Crippen LogP contribution in [0.4, 0.5) is 15.8 Å². The summed E-state index contributed by atoms with van der Waals surface area (Å²) >= 11 is 0. The largest absolute Gasteiger partial charge is 0.322 e. The molecule has 0 saturated carbocycles. The molecule has 3 aromatic carbocycles. The Labute approximate surface area is 163 Å². The van der Waals surface area contributed by atoms with Crippen LogP contribution in [0.3, 0.4) is 0 Å². The fraction of sp³-hybridized carbons (Fsp3) is 0.0952. The first kappa shape index (κ1) is 19.6. The van der Waals surface area contributed by atoms with Crippen LogP contribution < -0.4 is 10.0 Å². The van der Waals surface area contributed by atoms with E-state index in [1.165, 1.54) is 24.3 Å². The van der Waals surface area contributed by atoms with E-state index in [0.29, 0.717) is 16.9 Å². The smallest absolute Gasteiger partial charge is 0.261 e. The van der Waals surface area contributed by atoms with Crippen molar-refractivity contribution in [2.24, 2.45) is 0 Å². The lowest BCUT2D eigenvalue weighted by Crippen LogP contribution is -2.14. The van der Waals surface area contributed by atoms with Gasteiger partial charge in [-0.25, -0.2) is 12.8 Å². The lowest BCUT2D eigenvalue weighted by atomic mass is 10.1. The predicted octanol–water partition coefficient (Wildman–Crippen LogP) is 4.50. The second-order valence-electron chi connectivity index (χ2n) is 6.39. The van der Waals surface area contributed by atoms with Crippen LogP contribution in [0.5, 0.6) is 0 Å². The van der Waals surface area contributed by atoms with Crippen molar-refractivity contribution >= 4 is 27.3 Å². The normalized spacial score (nSPS) is 11.1. The van der Waals surface area contributed by atoms with Crippen molar-refractivity contribution in [3.05, 3.63) is 89.2 Å². The maximum Gasteiger partial charge on any atom is 0.261 e. The number of carbonyl (C=O) groups is 1. The maximum atomic E-state index is 13.0. The molecule has 0 bridgehead atoms. The zero-order chi connectivity index (χ0) is 20.3. The number of sulfonamides is 1. The highest BCUT2D eigenvalue weighted by atomic mass is 32.2. The summed E-state index contributed by atoms with van der Waals surface area (Å²) in [6.07, 6.45) is 0. The molecule has 0 fully saturated rings. The second kappa shape index (κ2) is 7.82. The van der Waals surface area contributed by atoms with Gasteiger partial charge >= 0.3 is 0 Å². The minimum atomic E-state index is -3.82. The molecule has 1 amide bonds. The lowest BCUT2D eigenvalue weighted by molar-refractivity contribution is 0.102. The molecule has 0 aromatic heterocycles. The topological polar surface area (TPSA) is 75.3 Å². The Kier molecular flexibility index (Phi) is 5.46. The van der Waals surface area contributed by atoms with Crippen molar-refractivity contribution in [2.45, 2.75) is 18.7 Å². The lowest BCUT2D eigenvalue weighted by Gasteiger charge is -2.10. The summed E-state index contributed by atoms with van der Waals surface area (Å²) < 4.78 is 40.0. The van der Waals surface area contributed by atoms with Crippen molar-refractivity contribution in [2.75, 3.05) is 10.0 Å². The number of aryl methyl sites for hydroxylation is 2. The van der Waals surface area contributed by atoms with Crippen molar-refractivity contribution in [3.63, 3.8) is 0 Å². The summed E-state index contributed by atoms with van der Waals surface area (Å²) in [5, 5.41) is 2.78. The van der Waals surface area contributed by atoms with Crippen molar-refractivity contribution in [3.8, 4) is 0 Å². The first-order chi connectivity index (χ1) is 13.2. The summed E-state index contributed by atoms with van der Waals surface area (Å²) in [5.41, 5.74) is 3.54. The quantitative estimate of drug-likeness (QED) is 0.665. The van der Waals surface area contributed by atoms with Crippen LogP contribution in [-0.4, -0.2) is 14.3 Å². The molecular weight excluding hydrogens is 379 g/mol. The van der Waals surface area contributed by atoms with Crippen molar-refractivity contribution in [1.82, 2.24) is 0 Å². The summed E-state index contributed by atoms with van der Waals surface area (Å²) in [6, 6.07) is 16.3. The van der Waals surface area contributed by atoms with E-state index in [4.69, 9.17) is 0 Å². The van der Waals surface area contributed by atoms with Gasteiger partial charge in [0.1, 0.15) is 5.82 Å². The molecule has 0 aliphatic heterocycles. The van der Waals surface area contributed by atoms with Crippen LogP contribution in [0.2, 0.25) is 0 Å². The summed E-state index contributed by atoms with van der Waals surface area (Å²) in [5.74, 6) is -0.759. The molecule has 5 nitrogen and oxygen atoms in total. The van der Waals surface area contributed by atoms with Crippen LogP contribution >= 0.6 is 0 Å². The molecule has 0 spiro atoms. The molecule has 0 saturated heterocycles. The van der Waals surface area contributed by atoms with E-state index in [1.807, 2.05) is 26.0 Å². The van der Waals surface area contributed by atoms with Crippen LogP contribution in [0.1, 0.15) is 21.5 Å². The molecule has 7 heteroatoms. The third-order valence-electron chi connectivity index (χ3n) is 4.29. The van der Waals surface area contributed by atoms with Gasteiger partial charge in [0.2, 0.25) is 0 Å². The fourth-order valence-corrected chi connectivity index (χ4v) is 3.59. The molecule has 3 rings (SSSR count). The van der Waals surface area contributed by atoms with E-state index < -0.39 is 15.8 Å². The van der Waals surface area contributed by atoms with Gasteiger partial charge in [0, 0.05) is 16.9 Å². The highest BCUT2D eigenvalue weighted by Crippen LogP contribution is 2.19. The highest BCUT2D eigenvalue weighted by Gasteiger charge is 2.14. The number of halogens is 1. The van der Waals surface area contributed by atoms with Gasteiger partial charge in [-0.2, -0.15) is 0 Å². The van der Waals surface area contributed by atoms with Crippen molar-refractivity contribution in [1.29, 1.82) is 0 Å². The van der Waals surface area contributed by atoms with Gasteiger partial charge in [0.05, 0.1) is 4.90 Å². The van der Waals surface area contributed by atoms with Gasteiger partial charge in [-0.3, -0.25) is 9.52 Å². The van der Waals surface area contributed by atoms with E-state index in [1.54, 1.807) is 18.2 Å². The number of benzene rings is 3. The molecule has 0 unspecified atom stereocenters. The maximum absolute atomic E-state index is 13.0. The van der Waals surface area contributed by atoms with E-state index >= 15 is 0 Å². The van der Waals surface area contributed by atoms with Gasteiger partial charge < -0.3 is 5.32 Å². The number of hydrogen-bond acceptors (Lipinski definition) is 3. The Morgan fingerprint density at radius 3 is 2.04 bits per heavy atom. The Morgan fingerprint density at radius 1 is 0.821 bits per heavy atom. The molecule has 3 aromatic rings.